The Balaban J connectivity index is 1.79. The normalized spacial score (nSPS) is 17.4. The van der Waals surface area contributed by atoms with Crippen LogP contribution in [0.25, 0.3) is 0 Å². The second kappa shape index (κ2) is 10.1. The van der Waals surface area contributed by atoms with E-state index in [0.29, 0.717) is 27.5 Å². The molecule has 1 unspecified atom stereocenters. The third-order valence-electron chi connectivity index (χ3n) is 5.32. The molecule has 1 aliphatic heterocycles. The Morgan fingerprint density at radius 2 is 1.79 bits per heavy atom. The van der Waals surface area contributed by atoms with Crippen molar-refractivity contribution >= 4 is 27.5 Å². The molecular weight excluding hydrogens is 479 g/mol. The standard InChI is InChI=1S/C22H21ClF3N3O3S/c23-19-7-9-20(10-8-19)33(31,32)29-11-1-2-18(14-29)21(30)28(15-22(24,25)26)13-17-5-3-16(12-27)4-6-17/h3-10,18H,1-2,11,13-15H2. The summed E-state index contributed by atoms with van der Waals surface area (Å²) in [6, 6.07) is 13.4. The third-order valence-corrected chi connectivity index (χ3v) is 7.45. The molecule has 11 heteroatoms. The number of piperidine rings is 1. The van der Waals surface area contributed by atoms with E-state index in [4.69, 9.17) is 16.9 Å². The Bertz CT molecular complexity index is 1130. The van der Waals surface area contributed by atoms with Crippen molar-refractivity contribution in [3.63, 3.8) is 0 Å². The molecule has 0 bridgehead atoms. The maximum Gasteiger partial charge on any atom is 0.406 e. The number of hydrogen-bond donors (Lipinski definition) is 0. The van der Waals surface area contributed by atoms with E-state index < -0.39 is 34.6 Å². The van der Waals surface area contributed by atoms with E-state index in [0.717, 1.165) is 4.31 Å². The van der Waals surface area contributed by atoms with E-state index in [2.05, 4.69) is 0 Å². The highest BCUT2D eigenvalue weighted by atomic mass is 35.5. The zero-order valence-electron chi connectivity index (χ0n) is 17.4. The summed E-state index contributed by atoms with van der Waals surface area (Å²) in [5.41, 5.74) is 0.788. The van der Waals surface area contributed by atoms with Gasteiger partial charge in [-0.05, 0) is 54.8 Å². The predicted molar refractivity (Wildman–Crippen MR) is 116 cm³/mol. The summed E-state index contributed by atoms with van der Waals surface area (Å²) >= 11 is 5.82. The lowest BCUT2D eigenvalue weighted by atomic mass is 9.97. The molecule has 6 nitrogen and oxygen atoms in total. The van der Waals surface area contributed by atoms with Crippen molar-refractivity contribution in [1.82, 2.24) is 9.21 Å². The number of hydrogen-bond acceptors (Lipinski definition) is 4. The fourth-order valence-corrected chi connectivity index (χ4v) is 5.36. The van der Waals surface area contributed by atoms with Gasteiger partial charge < -0.3 is 4.90 Å². The number of nitrogens with zero attached hydrogens (tertiary/aromatic N) is 3. The lowest BCUT2D eigenvalue weighted by Gasteiger charge is -2.34. The van der Waals surface area contributed by atoms with Gasteiger partial charge in [0.25, 0.3) is 0 Å². The number of alkyl halides is 3. The van der Waals surface area contributed by atoms with Crippen molar-refractivity contribution in [2.24, 2.45) is 5.92 Å². The number of halogens is 4. The van der Waals surface area contributed by atoms with Crippen LogP contribution in [-0.2, 0) is 21.4 Å². The molecule has 0 N–H and O–H groups in total. The highest BCUT2D eigenvalue weighted by Crippen LogP contribution is 2.28. The molecular formula is C22H21ClF3N3O3S. The summed E-state index contributed by atoms with van der Waals surface area (Å²) in [5.74, 6) is -1.66. The molecule has 0 aliphatic carbocycles. The molecule has 1 aliphatic rings. The minimum Gasteiger partial charge on any atom is -0.329 e. The maximum atomic E-state index is 13.2. The van der Waals surface area contributed by atoms with Gasteiger partial charge in [-0.25, -0.2) is 8.42 Å². The molecule has 0 aromatic heterocycles. The average molecular weight is 500 g/mol. The number of sulfonamides is 1. The molecule has 1 fully saturated rings. The van der Waals surface area contributed by atoms with Crippen LogP contribution in [-0.4, -0.2) is 49.3 Å². The molecule has 1 amide bonds. The first-order chi connectivity index (χ1) is 15.5. The fourth-order valence-electron chi connectivity index (χ4n) is 3.71. The Morgan fingerprint density at radius 1 is 1.15 bits per heavy atom. The number of nitriles is 1. The van der Waals surface area contributed by atoms with Crippen molar-refractivity contribution < 1.29 is 26.4 Å². The first-order valence-corrected chi connectivity index (χ1v) is 11.9. The first kappa shape index (κ1) is 25.0. The van der Waals surface area contributed by atoms with Crippen molar-refractivity contribution in [3.05, 3.63) is 64.7 Å². The average Bonchev–Trinajstić information content (AvgIpc) is 2.78. The Morgan fingerprint density at radius 3 is 2.36 bits per heavy atom. The van der Waals surface area contributed by atoms with Crippen LogP contribution < -0.4 is 0 Å². The molecule has 33 heavy (non-hydrogen) atoms. The molecule has 0 spiro atoms. The van der Waals surface area contributed by atoms with Gasteiger partial charge in [0.15, 0.2) is 0 Å². The van der Waals surface area contributed by atoms with E-state index >= 15 is 0 Å². The summed E-state index contributed by atoms with van der Waals surface area (Å²) in [4.78, 5) is 13.8. The summed E-state index contributed by atoms with van der Waals surface area (Å²) < 4.78 is 66.7. The van der Waals surface area contributed by atoms with Gasteiger partial charge in [0.2, 0.25) is 15.9 Å². The van der Waals surface area contributed by atoms with Gasteiger partial charge in [0.1, 0.15) is 6.54 Å². The van der Waals surface area contributed by atoms with Crippen LogP contribution in [0.3, 0.4) is 0 Å². The topological polar surface area (TPSA) is 81.5 Å². The zero-order chi connectivity index (χ0) is 24.2. The number of carbonyl (C=O) groups excluding carboxylic acids is 1. The minimum atomic E-state index is -4.62. The molecule has 0 radical (unpaired) electrons. The van der Waals surface area contributed by atoms with Crippen LogP contribution in [0.4, 0.5) is 13.2 Å². The number of rotatable bonds is 6. The molecule has 1 atom stereocenters. The van der Waals surface area contributed by atoms with Gasteiger partial charge >= 0.3 is 6.18 Å². The fraction of sp³-hybridized carbons (Fsp3) is 0.364. The molecule has 0 saturated carbocycles. The minimum absolute atomic E-state index is 0.00438. The van der Waals surface area contributed by atoms with Crippen molar-refractivity contribution in [2.75, 3.05) is 19.6 Å². The lowest BCUT2D eigenvalue weighted by Crippen LogP contribution is -2.48. The monoisotopic (exact) mass is 499 g/mol. The van der Waals surface area contributed by atoms with Gasteiger partial charge in [0, 0.05) is 24.7 Å². The molecule has 3 rings (SSSR count). The Kier molecular flexibility index (Phi) is 7.67. The smallest absolute Gasteiger partial charge is 0.329 e. The Labute approximate surface area is 195 Å². The van der Waals surface area contributed by atoms with Crippen LogP contribution in [0, 0.1) is 17.2 Å². The number of amides is 1. The van der Waals surface area contributed by atoms with Gasteiger partial charge in [-0.3, -0.25) is 4.79 Å². The van der Waals surface area contributed by atoms with E-state index in [1.165, 1.54) is 48.5 Å². The highest BCUT2D eigenvalue weighted by molar-refractivity contribution is 7.89. The van der Waals surface area contributed by atoms with E-state index in [-0.39, 0.29) is 31.0 Å². The Hall–Kier alpha value is -2.61. The maximum absolute atomic E-state index is 13.2. The van der Waals surface area contributed by atoms with Crippen LogP contribution in [0.15, 0.2) is 53.4 Å². The number of benzene rings is 2. The van der Waals surface area contributed by atoms with Gasteiger partial charge in [0.05, 0.1) is 22.4 Å². The predicted octanol–water partition coefficient (Wildman–Crippen LogP) is 4.20. The second-order valence-corrected chi connectivity index (χ2v) is 10.1. The zero-order valence-corrected chi connectivity index (χ0v) is 19.0. The van der Waals surface area contributed by atoms with Gasteiger partial charge in [-0.1, -0.05) is 23.7 Å². The molecule has 2 aromatic carbocycles. The van der Waals surface area contributed by atoms with Crippen LogP contribution in [0.2, 0.25) is 5.02 Å². The van der Waals surface area contributed by atoms with Crippen LogP contribution in [0.5, 0.6) is 0 Å². The molecule has 2 aromatic rings. The molecule has 176 valence electrons. The SMILES string of the molecule is N#Cc1ccc(CN(CC(F)(F)F)C(=O)C2CCCN(S(=O)(=O)c3ccc(Cl)cc3)C2)cc1. The van der Waals surface area contributed by atoms with Crippen molar-refractivity contribution in [3.8, 4) is 6.07 Å². The van der Waals surface area contributed by atoms with Gasteiger partial charge in [-0.15, -0.1) is 0 Å². The van der Waals surface area contributed by atoms with Crippen LogP contribution in [0.1, 0.15) is 24.0 Å². The summed E-state index contributed by atoms with van der Waals surface area (Å²) in [6.07, 6.45) is -3.99. The number of carbonyl (C=O) groups is 1. The third kappa shape index (κ3) is 6.47. The first-order valence-electron chi connectivity index (χ1n) is 10.1. The summed E-state index contributed by atoms with van der Waals surface area (Å²) in [6.45, 7) is -1.79. The second-order valence-electron chi connectivity index (χ2n) is 7.77. The van der Waals surface area contributed by atoms with Crippen LogP contribution >= 0.6 is 11.6 Å². The van der Waals surface area contributed by atoms with Gasteiger partial charge in [-0.2, -0.15) is 22.7 Å². The van der Waals surface area contributed by atoms with Crippen molar-refractivity contribution in [1.29, 1.82) is 5.26 Å². The molecule has 1 saturated heterocycles. The highest BCUT2D eigenvalue weighted by Gasteiger charge is 2.39. The molecule has 1 heterocycles. The quantitative estimate of drug-likeness (QED) is 0.596. The van der Waals surface area contributed by atoms with E-state index in [1.54, 1.807) is 0 Å². The van der Waals surface area contributed by atoms with E-state index in [9.17, 15) is 26.4 Å². The lowest BCUT2D eigenvalue weighted by molar-refractivity contribution is -0.165. The largest absolute Gasteiger partial charge is 0.406 e. The summed E-state index contributed by atoms with van der Waals surface area (Å²) in [7, 11) is -3.92. The van der Waals surface area contributed by atoms with E-state index in [1.807, 2.05) is 6.07 Å². The van der Waals surface area contributed by atoms with Crippen molar-refractivity contribution in [2.45, 2.75) is 30.5 Å². The summed E-state index contributed by atoms with van der Waals surface area (Å²) in [5, 5.41) is 9.25.